The molecule has 0 spiro atoms. The number of hydrogen-bond donors (Lipinski definition) is 1. The van der Waals surface area contributed by atoms with Crippen LogP contribution in [0.3, 0.4) is 0 Å². The SMILES string of the molecule is O=C(O)c1cc2ccccc2n1CC1CCCOC1. The van der Waals surface area contributed by atoms with Crippen molar-refractivity contribution in [3.63, 3.8) is 0 Å². The minimum Gasteiger partial charge on any atom is -0.477 e. The summed E-state index contributed by atoms with van der Waals surface area (Å²) in [6, 6.07) is 9.56. The number of carboxylic acid groups (broad SMARTS) is 1. The fourth-order valence-corrected chi connectivity index (χ4v) is 2.79. The quantitative estimate of drug-likeness (QED) is 0.922. The number of hydrogen-bond acceptors (Lipinski definition) is 2. The minimum atomic E-state index is -0.868. The summed E-state index contributed by atoms with van der Waals surface area (Å²) in [4.78, 5) is 11.4. The zero-order valence-corrected chi connectivity index (χ0v) is 10.7. The lowest BCUT2D eigenvalue weighted by atomic mass is 10.0. The monoisotopic (exact) mass is 259 g/mol. The molecule has 100 valence electrons. The summed E-state index contributed by atoms with van der Waals surface area (Å²) >= 11 is 0. The van der Waals surface area contributed by atoms with E-state index in [9.17, 15) is 9.90 Å². The Bertz CT molecular complexity index is 596. The van der Waals surface area contributed by atoms with Gasteiger partial charge in [0.15, 0.2) is 0 Å². The third-order valence-electron chi connectivity index (χ3n) is 3.73. The Morgan fingerprint density at radius 1 is 1.42 bits per heavy atom. The normalized spacial score (nSPS) is 19.7. The smallest absolute Gasteiger partial charge is 0.352 e. The van der Waals surface area contributed by atoms with E-state index in [0.29, 0.717) is 11.6 Å². The van der Waals surface area contributed by atoms with Gasteiger partial charge in [0.05, 0.1) is 6.61 Å². The average molecular weight is 259 g/mol. The summed E-state index contributed by atoms with van der Waals surface area (Å²) in [6.07, 6.45) is 2.16. The van der Waals surface area contributed by atoms with Gasteiger partial charge < -0.3 is 14.4 Å². The molecule has 0 saturated carbocycles. The van der Waals surface area contributed by atoms with Gasteiger partial charge in [0.25, 0.3) is 0 Å². The van der Waals surface area contributed by atoms with Gasteiger partial charge in [-0.05, 0) is 25.0 Å². The van der Waals surface area contributed by atoms with Crippen molar-refractivity contribution in [2.45, 2.75) is 19.4 Å². The van der Waals surface area contributed by atoms with Crippen molar-refractivity contribution in [3.05, 3.63) is 36.0 Å². The molecule has 4 heteroatoms. The molecule has 0 bridgehead atoms. The number of ether oxygens (including phenoxy) is 1. The molecular formula is C15H17NO3. The van der Waals surface area contributed by atoms with Gasteiger partial charge in [-0.2, -0.15) is 0 Å². The molecule has 1 aromatic heterocycles. The molecule has 0 aliphatic carbocycles. The highest BCUT2D eigenvalue weighted by Gasteiger charge is 2.20. The van der Waals surface area contributed by atoms with Crippen LogP contribution in [0.25, 0.3) is 10.9 Å². The first kappa shape index (κ1) is 12.2. The van der Waals surface area contributed by atoms with E-state index in [0.717, 1.165) is 43.5 Å². The van der Waals surface area contributed by atoms with Crippen LogP contribution in [0.15, 0.2) is 30.3 Å². The number of carboxylic acids is 1. The number of para-hydroxylation sites is 1. The first-order valence-corrected chi connectivity index (χ1v) is 6.65. The third-order valence-corrected chi connectivity index (χ3v) is 3.73. The third kappa shape index (κ3) is 2.36. The van der Waals surface area contributed by atoms with Gasteiger partial charge in [-0.25, -0.2) is 4.79 Å². The number of fused-ring (bicyclic) bond motifs is 1. The van der Waals surface area contributed by atoms with E-state index in [-0.39, 0.29) is 0 Å². The van der Waals surface area contributed by atoms with Gasteiger partial charge in [-0.15, -0.1) is 0 Å². The second kappa shape index (κ2) is 5.05. The van der Waals surface area contributed by atoms with E-state index in [2.05, 4.69) is 0 Å². The number of nitrogens with zero attached hydrogens (tertiary/aromatic N) is 1. The maximum absolute atomic E-state index is 11.4. The topological polar surface area (TPSA) is 51.5 Å². The number of benzene rings is 1. The number of carbonyl (C=O) groups is 1. The Balaban J connectivity index is 1.99. The van der Waals surface area contributed by atoms with E-state index >= 15 is 0 Å². The molecule has 1 atom stereocenters. The molecule has 19 heavy (non-hydrogen) atoms. The van der Waals surface area contributed by atoms with Crippen molar-refractivity contribution in [2.75, 3.05) is 13.2 Å². The summed E-state index contributed by atoms with van der Waals surface area (Å²) in [6.45, 7) is 2.27. The van der Waals surface area contributed by atoms with Gasteiger partial charge in [-0.3, -0.25) is 0 Å². The molecule has 1 aliphatic heterocycles. The van der Waals surface area contributed by atoms with Gasteiger partial charge in [-0.1, -0.05) is 18.2 Å². The van der Waals surface area contributed by atoms with Crippen LogP contribution in [0.4, 0.5) is 0 Å². The fourth-order valence-electron chi connectivity index (χ4n) is 2.79. The highest BCUT2D eigenvalue weighted by molar-refractivity contribution is 5.94. The standard InChI is InChI=1S/C15H17NO3/c17-15(18)14-8-12-5-1-2-6-13(12)16(14)9-11-4-3-7-19-10-11/h1-2,5-6,8,11H,3-4,7,9-10H2,(H,17,18). The maximum Gasteiger partial charge on any atom is 0.352 e. The van der Waals surface area contributed by atoms with Crippen molar-refractivity contribution < 1.29 is 14.6 Å². The molecule has 2 heterocycles. The fraction of sp³-hybridized carbons (Fsp3) is 0.400. The Morgan fingerprint density at radius 2 is 2.26 bits per heavy atom. The molecule has 1 fully saturated rings. The van der Waals surface area contributed by atoms with E-state index in [1.807, 2.05) is 28.8 Å². The molecule has 1 aromatic carbocycles. The molecule has 1 aliphatic rings. The predicted molar refractivity (Wildman–Crippen MR) is 72.4 cm³/mol. The van der Waals surface area contributed by atoms with Crippen LogP contribution in [-0.4, -0.2) is 28.9 Å². The Labute approximate surface area is 111 Å². The zero-order chi connectivity index (χ0) is 13.2. The van der Waals surface area contributed by atoms with Crippen LogP contribution in [0, 0.1) is 5.92 Å². The van der Waals surface area contributed by atoms with E-state index in [1.165, 1.54) is 0 Å². The molecule has 0 radical (unpaired) electrons. The first-order chi connectivity index (χ1) is 9.25. The maximum atomic E-state index is 11.4. The molecule has 1 N–H and O–H groups in total. The average Bonchev–Trinajstić information content (AvgIpc) is 2.79. The van der Waals surface area contributed by atoms with Crippen molar-refractivity contribution in [3.8, 4) is 0 Å². The lowest BCUT2D eigenvalue weighted by Crippen LogP contribution is -2.23. The summed E-state index contributed by atoms with van der Waals surface area (Å²) in [5, 5.41) is 10.3. The van der Waals surface area contributed by atoms with Gasteiger partial charge in [0.1, 0.15) is 5.69 Å². The second-order valence-electron chi connectivity index (χ2n) is 5.09. The zero-order valence-electron chi connectivity index (χ0n) is 10.7. The summed E-state index contributed by atoms with van der Waals surface area (Å²) in [7, 11) is 0. The summed E-state index contributed by atoms with van der Waals surface area (Å²) < 4.78 is 7.40. The molecule has 2 aromatic rings. The number of aromatic nitrogens is 1. The molecule has 3 rings (SSSR count). The van der Waals surface area contributed by atoms with Crippen LogP contribution >= 0.6 is 0 Å². The molecule has 0 amide bonds. The lowest BCUT2D eigenvalue weighted by molar-refractivity contribution is 0.0475. The Hall–Kier alpha value is -1.81. The molecule has 1 unspecified atom stereocenters. The van der Waals surface area contributed by atoms with Crippen LogP contribution in [0.2, 0.25) is 0 Å². The van der Waals surface area contributed by atoms with Crippen molar-refractivity contribution in [2.24, 2.45) is 5.92 Å². The lowest BCUT2D eigenvalue weighted by Gasteiger charge is -2.23. The Morgan fingerprint density at radius 3 is 3.00 bits per heavy atom. The van der Waals surface area contributed by atoms with E-state index in [4.69, 9.17) is 4.74 Å². The highest BCUT2D eigenvalue weighted by Crippen LogP contribution is 2.24. The number of rotatable bonds is 3. The van der Waals surface area contributed by atoms with Crippen LogP contribution in [0.1, 0.15) is 23.3 Å². The summed E-state index contributed by atoms with van der Waals surface area (Å²) in [5.41, 5.74) is 1.36. The van der Waals surface area contributed by atoms with Crippen LogP contribution in [-0.2, 0) is 11.3 Å². The molecular weight excluding hydrogens is 242 g/mol. The minimum absolute atomic E-state index is 0.367. The van der Waals surface area contributed by atoms with Gasteiger partial charge in [0, 0.05) is 30.0 Å². The Kier molecular flexibility index (Phi) is 3.25. The highest BCUT2D eigenvalue weighted by atomic mass is 16.5. The van der Waals surface area contributed by atoms with E-state index < -0.39 is 5.97 Å². The van der Waals surface area contributed by atoms with Crippen molar-refractivity contribution in [1.29, 1.82) is 0 Å². The van der Waals surface area contributed by atoms with Crippen molar-refractivity contribution in [1.82, 2.24) is 4.57 Å². The molecule has 4 nitrogen and oxygen atoms in total. The first-order valence-electron chi connectivity index (χ1n) is 6.65. The predicted octanol–water partition coefficient (Wildman–Crippen LogP) is 2.77. The van der Waals surface area contributed by atoms with Crippen LogP contribution < -0.4 is 0 Å². The van der Waals surface area contributed by atoms with Gasteiger partial charge >= 0.3 is 5.97 Å². The molecule has 1 saturated heterocycles. The van der Waals surface area contributed by atoms with Gasteiger partial charge in [0.2, 0.25) is 0 Å². The number of aromatic carboxylic acids is 1. The largest absolute Gasteiger partial charge is 0.477 e. The second-order valence-corrected chi connectivity index (χ2v) is 5.09. The summed E-state index contributed by atoms with van der Waals surface area (Å²) in [5.74, 6) is -0.462. The van der Waals surface area contributed by atoms with E-state index in [1.54, 1.807) is 6.07 Å². The van der Waals surface area contributed by atoms with Crippen LogP contribution in [0.5, 0.6) is 0 Å². The van der Waals surface area contributed by atoms with Crippen molar-refractivity contribution >= 4 is 16.9 Å².